The van der Waals surface area contributed by atoms with Crippen LogP contribution in [0.1, 0.15) is 6.42 Å². The van der Waals surface area contributed by atoms with E-state index in [4.69, 9.17) is 5.73 Å². The third-order valence-electron chi connectivity index (χ3n) is 1.42. The normalized spacial score (nSPS) is 9.75. The van der Waals surface area contributed by atoms with E-state index in [0.29, 0.717) is 18.8 Å². The van der Waals surface area contributed by atoms with Crippen LogP contribution in [0.5, 0.6) is 0 Å². The molecule has 1 aromatic rings. The molecule has 0 unspecified atom stereocenters. The zero-order valence-corrected chi connectivity index (χ0v) is 6.76. The Hall–Kier alpha value is -1.32. The molecule has 0 amide bonds. The van der Waals surface area contributed by atoms with Crippen LogP contribution in [0.4, 0.5) is 15.9 Å². The van der Waals surface area contributed by atoms with Gasteiger partial charge in [0.25, 0.3) is 0 Å². The van der Waals surface area contributed by atoms with Crippen LogP contribution < -0.4 is 11.1 Å². The molecule has 4 heteroatoms. The summed E-state index contributed by atoms with van der Waals surface area (Å²) < 4.78 is 11.7. The SMILES string of the molecule is Nc1cc(NCCCF)ccn1. The number of alkyl halides is 1. The lowest BCUT2D eigenvalue weighted by atomic mass is 10.3. The van der Waals surface area contributed by atoms with Crippen molar-refractivity contribution < 1.29 is 4.39 Å². The van der Waals surface area contributed by atoms with Crippen LogP contribution >= 0.6 is 0 Å². The van der Waals surface area contributed by atoms with Crippen LogP contribution in [0.2, 0.25) is 0 Å². The summed E-state index contributed by atoms with van der Waals surface area (Å²) >= 11 is 0. The van der Waals surface area contributed by atoms with E-state index >= 15 is 0 Å². The quantitative estimate of drug-likeness (QED) is 0.670. The number of nitrogens with two attached hydrogens (primary N) is 1. The van der Waals surface area contributed by atoms with E-state index in [0.717, 1.165) is 5.69 Å². The molecule has 0 bridgehead atoms. The van der Waals surface area contributed by atoms with Gasteiger partial charge in [-0.2, -0.15) is 0 Å². The van der Waals surface area contributed by atoms with Gasteiger partial charge in [0.15, 0.2) is 0 Å². The van der Waals surface area contributed by atoms with Crippen molar-refractivity contribution in [2.75, 3.05) is 24.3 Å². The molecular weight excluding hydrogens is 157 g/mol. The van der Waals surface area contributed by atoms with Gasteiger partial charge in [-0.25, -0.2) is 4.98 Å². The maximum Gasteiger partial charge on any atom is 0.125 e. The third kappa shape index (κ3) is 2.74. The van der Waals surface area contributed by atoms with Crippen molar-refractivity contribution in [2.45, 2.75) is 6.42 Å². The highest BCUT2D eigenvalue weighted by molar-refractivity contribution is 5.49. The Morgan fingerprint density at radius 1 is 1.58 bits per heavy atom. The van der Waals surface area contributed by atoms with E-state index < -0.39 is 0 Å². The number of anilines is 2. The van der Waals surface area contributed by atoms with Crippen LogP contribution in [-0.4, -0.2) is 18.2 Å². The van der Waals surface area contributed by atoms with E-state index in [9.17, 15) is 4.39 Å². The van der Waals surface area contributed by atoms with Crippen LogP contribution in [0.15, 0.2) is 18.3 Å². The number of nitrogens with one attached hydrogen (secondary N) is 1. The first-order valence-corrected chi connectivity index (χ1v) is 3.84. The molecule has 3 N–H and O–H groups in total. The first-order valence-electron chi connectivity index (χ1n) is 3.84. The second-order valence-corrected chi connectivity index (χ2v) is 2.44. The number of nitrogen functional groups attached to an aromatic ring is 1. The first-order chi connectivity index (χ1) is 5.83. The van der Waals surface area contributed by atoms with Gasteiger partial charge in [-0.1, -0.05) is 0 Å². The molecule has 0 saturated carbocycles. The molecule has 0 spiro atoms. The minimum Gasteiger partial charge on any atom is -0.385 e. The number of rotatable bonds is 4. The van der Waals surface area contributed by atoms with Crippen molar-refractivity contribution in [3.05, 3.63) is 18.3 Å². The van der Waals surface area contributed by atoms with Gasteiger partial charge >= 0.3 is 0 Å². The fourth-order valence-corrected chi connectivity index (χ4v) is 0.858. The zero-order chi connectivity index (χ0) is 8.81. The van der Waals surface area contributed by atoms with Crippen molar-refractivity contribution in [1.82, 2.24) is 4.98 Å². The standard InChI is InChI=1S/C8H12FN3/c9-3-1-4-11-7-2-5-12-8(10)6-7/h2,5-6H,1,3-4H2,(H3,10,11,12). The van der Waals surface area contributed by atoms with E-state index in [-0.39, 0.29) is 6.67 Å². The predicted molar refractivity (Wildman–Crippen MR) is 47.7 cm³/mol. The van der Waals surface area contributed by atoms with Crippen LogP contribution in [0, 0.1) is 0 Å². The molecule has 0 radical (unpaired) electrons. The van der Waals surface area contributed by atoms with Gasteiger partial charge in [0.05, 0.1) is 6.67 Å². The first kappa shape index (κ1) is 8.77. The number of nitrogens with zero attached hydrogens (tertiary/aromatic N) is 1. The number of hydrogen-bond donors (Lipinski definition) is 2. The van der Waals surface area contributed by atoms with Crippen molar-refractivity contribution in [3.63, 3.8) is 0 Å². The third-order valence-corrected chi connectivity index (χ3v) is 1.42. The molecule has 3 nitrogen and oxygen atoms in total. The van der Waals surface area contributed by atoms with Gasteiger partial charge in [-0.15, -0.1) is 0 Å². The lowest BCUT2D eigenvalue weighted by molar-refractivity contribution is 0.481. The van der Waals surface area contributed by atoms with Crippen LogP contribution in [-0.2, 0) is 0 Å². The number of pyridine rings is 1. The van der Waals surface area contributed by atoms with Gasteiger partial charge in [-0.3, -0.25) is 4.39 Å². The smallest absolute Gasteiger partial charge is 0.125 e. The Morgan fingerprint density at radius 3 is 3.08 bits per heavy atom. The monoisotopic (exact) mass is 169 g/mol. The Labute approximate surface area is 70.8 Å². The van der Waals surface area contributed by atoms with Gasteiger partial charge < -0.3 is 11.1 Å². The van der Waals surface area contributed by atoms with E-state index in [1.165, 1.54) is 0 Å². The number of aromatic nitrogens is 1. The molecule has 0 aromatic carbocycles. The molecule has 1 aromatic heterocycles. The predicted octanol–water partition coefficient (Wildman–Crippen LogP) is 1.44. The topological polar surface area (TPSA) is 50.9 Å². The largest absolute Gasteiger partial charge is 0.385 e. The molecule has 1 heterocycles. The lowest BCUT2D eigenvalue weighted by Crippen LogP contribution is -2.02. The minimum absolute atomic E-state index is 0.298. The molecule has 0 aliphatic rings. The molecule has 66 valence electrons. The van der Waals surface area contributed by atoms with Crippen LogP contribution in [0.3, 0.4) is 0 Å². The highest BCUT2D eigenvalue weighted by atomic mass is 19.1. The Kier molecular flexibility index (Phi) is 3.32. The Bertz CT molecular complexity index is 239. The Balaban J connectivity index is 2.41. The molecule has 0 aliphatic carbocycles. The number of hydrogen-bond acceptors (Lipinski definition) is 3. The van der Waals surface area contributed by atoms with Gasteiger partial charge in [0, 0.05) is 24.5 Å². The van der Waals surface area contributed by atoms with Crippen molar-refractivity contribution in [2.24, 2.45) is 0 Å². The van der Waals surface area contributed by atoms with Crippen molar-refractivity contribution in [3.8, 4) is 0 Å². The van der Waals surface area contributed by atoms with E-state index in [1.807, 2.05) is 0 Å². The van der Waals surface area contributed by atoms with E-state index in [2.05, 4.69) is 10.3 Å². The Morgan fingerprint density at radius 2 is 2.42 bits per heavy atom. The minimum atomic E-state index is -0.298. The summed E-state index contributed by atoms with van der Waals surface area (Å²) in [5.74, 6) is 0.472. The van der Waals surface area contributed by atoms with E-state index in [1.54, 1.807) is 18.3 Å². The summed E-state index contributed by atoms with van der Waals surface area (Å²) in [4.78, 5) is 3.83. The summed E-state index contributed by atoms with van der Waals surface area (Å²) in [6, 6.07) is 3.52. The second-order valence-electron chi connectivity index (χ2n) is 2.44. The second kappa shape index (κ2) is 4.54. The molecule has 0 fully saturated rings. The highest BCUT2D eigenvalue weighted by Crippen LogP contribution is 2.08. The maximum absolute atomic E-state index is 11.7. The molecule has 0 saturated heterocycles. The van der Waals surface area contributed by atoms with Gasteiger partial charge in [0.2, 0.25) is 0 Å². The zero-order valence-electron chi connectivity index (χ0n) is 6.76. The van der Waals surface area contributed by atoms with Gasteiger partial charge in [0.1, 0.15) is 5.82 Å². The summed E-state index contributed by atoms with van der Waals surface area (Å²) in [5, 5.41) is 3.03. The highest BCUT2D eigenvalue weighted by Gasteiger charge is 1.91. The lowest BCUT2D eigenvalue weighted by Gasteiger charge is -2.04. The fourth-order valence-electron chi connectivity index (χ4n) is 0.858. The summed E-state index contributed by atoms with van der Waals surface area (Å²) in [7, 11) is 0. The molecule has 0 atom stereocenters. The van der Waals surface area contributed by atoms with Crippen molar-refractivity contribution >= 4 is 11.5 Å². The summed E-state index contributed by atoms with van der Waals surface area (Å²) in [5.41, 5.74) is 6.32. The van der Waals surface area contributed by atoms with Crippen LogP contribution in [0.25, 0.3) is 0 Å². The average Bonchev–Trinajstić information content (AvgIpc) is 2.05. The molecule has 1 rings (SSSR count). The molecular formula is C8H12FN3. The summed E-state index contributed by atoms with van der Waals surface area (Å²) in [6.45, 7) is 0.327. The summed E-state index contributed by atoms with van der Waals surface area (Å²) in [6.07, 6.45) is 2.13. The fraction of sp³-hybridized carbons (Fsp3) is 0.375. The van der Waals surface area contributed by atoms with Gasteiger partial charge in [-0.05, 0) is 12.5 Å². The average molecular weight is 169 g/mol. The molecule has 0 aliphatic heterocycles. The number of halogens is 1. The maximum atomic E-state index is 11.7. The molecule has 12 heavy (non-hydrogen) atoms. The van der Waals surface area contributed by atoms with Crippen molar-refractivity contribution in [1.29, 1.82) is 0 Å².